The Balaban J connectivity index is 2.70. The average molecular weight is 139 g/mol. The first-order valence-electron chi connectivity index (χ1n) is 3.63. The maximum atomic E-state index is 5.43. The minimum atomic E-state index is 0.516. The topological polar surface area (TPSA) is 39.2 Å². The molecule has 0 saturated heterocycles. The van der Waals surface area contributed by atoms with Gasteiger partial charge in [-0.3, -0.25) is 0 Å². The molecule has 0 amide bonds. The SMILES string of the molecule is CCCc1ccoc1CN. The minimum Gasteiger partial charge on any atom is -0.468 e. The fourth-order valence-corrected chi connectivity index (χ4v) is 1.04. The fraction of sp³-hybridized carbons (Fsp3) is 0.500. The summed E-state index contributed by atoms with van der Waals surface area (Å²) in [6, 6.07) is 1.99. The monoisotopic (exact) mass is 139 g/mol. The summed E-state index contributed by atoms with van der Waals surface area (Å²) in [6.45, 7) is 2.66. The van der Waals surface area contributed by atoms with Crippen LogP contribution in [0.5, 0.6) is 0 Å². The first-order valence-corrected chi connectivity index (χ1v) is 3.63. The molecule has 1 aromatic heterocycles. The summed E-state index contributed by atoms with van der Waals surface area (Å²) in [5.74, 6) is 0.932. The van der Waals surface area contributed by atoms with Crippen molar-refractivity contribution in [2.45, 2.75) is 26.3 Å². The largest absolute Gasteiger partial charge is 0.468 e. The van der Waals surface area contributed by atoms with Gasteiger partial charge in [0, 0.05) is 0 Å². The standard InChI is InChI=1S/C8H13NO/c1-2-3-7-4-5-10-8(7)6-9/h4-5H,2-3,6,9H2,1H3. The van der Waals surface area contributed by atoms with E-state index in [1.165, 1.54) is 5.56 Å². The van der Waals surface area contributed by atoms with Gasteiger partial charge in [0.15, 0.2) is 0 Å². The van der Waals surface area contributed by atoms with E-state index < -0.39 is 0 Å². The van der Waals surface area contributed by atoms with E-state index in [0.29, 0.717) is 6.54 Å². The van der Waals surface area contributed by atoms with Crippen molar-refractivity contribution in [3.63, 3.8) is 0 Å². The predicted octanol–water partition coefficient (Wildman–Crippen LogP) is 1.69. The molecule has 0 spiro atoms. The highest BCUT2D eigenvalue weighted by Crippen LogP contribution is 2.11. The predicted molar refractivity (Wildman–Crippen MR) is 40.6 cm³/mol. The van der Waals surface area contributed by atoms with Crippen LogP contribution in [-0.4, -0.2) is 0 Å². The van der Waals surface area contributed by atoms with Gasteiger partial charge in [-0.05, 0) is 18.1 Å². The lowest BCUT2D eigenvalue weighted by Gasteiger charge is -1.94. The molecule has 2 N–H and O–H groups in total. The summed E-state index contributed by atoms with van der Waals surface area (Å²) < 4.78 is 5.14. The molecule has 2 heteroatoms. The Morgan fingerprint density at radius 2 is 2.40 bits per heavy atom. The van der Waals surface area contributed by atoms with Crippen LogP contribution in [0.25, 0.3) is 0 Å². The molecule has 1 aromatic rings. The minimum absolute atomic E-state index is 0.516. The molecule has 0 radical (unpaired) electrons. The van der Waals surface area contributed by atoms with E-state index in [9.17, 15) is 0 Å². The summed E-state index contributed by atoms with van der Waals surface area (Å²) in [7, 11) is 0. The van der Waals surface area contributed by atoms with Gasteiger partial charge in [0.25, 0.3) is 0 Å². The van der Waals surface area contributed by atoms with Gasteiger partial charge in [0.1, 0.15) is 5.76 Å². The van der Waals surface area contributed by atoms with Crippen LogP contribution < -0.4 is 5.73 Å². The lowest BCUT2D eigenvalue weighted by Crippen LogP contribution is -1.97. The van der Waals surface area contributed by atoms with E-state index in [1.54, 1.807) is 6.26 Å². The van der Waals surface area contributed by atoms with Gasteiger partial charge in [-0.2, -0.15) is 0 Å². The third-order valence-corrected chi connectivity index (χ3v) is 1.54. The zero-order valence-corrected chi connectivity index (χ0v) is 6.26. The smallest absolute Gasteiger partial charge is 0.120 e. The van der Waals surface area contributed by atoms with Crippen LogP contribution in [-0.2, 0) is 13.0 Å². The van der Waals surface area contributed by atoms with E-state index in [1.807, 2.05) is 6.07 Å². The normalized spacial score (nSPS) is 10.2. The number of hydrogen-bond acceptors (Lipinski definition) is 2. The van der Waals surface area contributed by atoms with E-state index in [2.05, 4.69) is 6.92 Å². The number of rotatable bonds is 3. The molecule has 0 saturated carbocycles. The van der Waals surface area contributed by atoms with Crippen molar-refractivity contribution < 1.29 is 4.42 Å². The van der Waals surface area contributed by atoms with Gasteiger partial charge >= 0.3 is 0 Å². The lowest BCUT2D eigenvalue weighted by molar-refractivity contribution is 0.507. The van der Waals surface area contributed by atoms with E-state index >= 15 is 0 Å². The molecule has 56 valence electrons. The van der Waals surface area contributed by atoms with Crippen LogP contribution in [0.3, 0.4) is 0 Å². The first-order chi connectivity index (χ1) is 4.88. The number of aryl methyl sites for hydroxylation is 1. The van der Waals surface area contributed by atoms with Crippen LogP contribution in [0.15, 0.2) is 16.7 Å². The summed E-state index contributed by atoms with van der Waals surface area (Å²) in [5, 5.41) is 0. The maximum Gasteiger partial charge on any atom is 0.120 e. The number of furan rings is 1. The summed E-state index contributed by atoms with van der Waals surface area (Å²) >= 11 is 0. The fourth-order valence-electron chi connectivity index (χ4n) is 1.04. The molecular formula is C8H13NO. The third-order valence-electron chi connectivity index (χ3n) is 1.54. The summed E-state index contributed by atoms with van der Waals surface area (Å²) in [4.78, 5) is 0. The van der Waals surface area contributed by atoms with Gasteiger partial charge < -0.3 is 10.2 Å². The maximum absolute atomic E-state index is 5.43. The Labute approximate surface area is 61.0 Å². The number of hydrogen-bond donors (Lipinski definition) is 1. The van der Waals surface area contributed by atoms with Crippen molar-refractivity contribution in [3.05, 3.63) is 23.7 Å². The Bertz CT molecular complexity index is 193. The highest BCUT2D eigenvalue weighted by atomic mass is 16.3. The van der Waals surface area contributed by atoms with Crippen molar-refractivity contribution >= 4 is 0 Å². The van der Waals surface area contributed by atoms with Crippen LogP contribution >= 0.6 is 0 Å². The highest BCUT2D eigenvalue weighted by Gasteiger charge is 2.01. The van der Waals surface area contributed by atoms with Crippen molar-refractivity contribution in [2.75, 3.05) is 0 Å². The zero-order chi connectivity index (χ0) is 7.40. The molecule has 0 aliphatic rings. The molecule has 10 heavy (non-hydrogen) atoms. The average Bonchev–Trinajstić information content (AvgIpc) is 2.36. The van der Waals surface area contributed by atoms with Gasteiger partial charge in [-0.25, -0.2) is 0 Å². The molecule has 0 aliphatic carbocycles. The highest BCUT2D eigenvalue weighted by molar-refractivity contribution is 5.16. The van der Waals surface area contributed by atoms with Crippen molar-refractivity contribution in [3.8, 4) is 0 Å². The van der Waals surface area contributed by atoms with Crippen LogP contribution in [0.1, 0.15) is 24.7 Å². The molecule has 0 unspecified atom stereocenters. The Hall–Kier alpha value is -0.760. The molecule has 0 fully saturated rings. The molecule has 0 atom stereocenters. The molecule has 1 rings (SSSR count). The second kappa shape index (κ2) is 3.42. The van der Waals surface area contributed by atoms with E-state index in [0.717, 1.165) is 18.6 Å². The van der Waals surface area contributed by atoms with Crippen molar-refractivity contribution in [2.24, 2.45) is 5.73 Å². The van der Waals surface area contributed by atoms with Crippen LogP contribution in [0.4, 0.5) is 0 Å². The third kappa shape index (κ3) is 1.39. The molecule has 0 bridgehead atoms. The Morgan fingerprint density at radius 3 is 3.00 bits per heavy atom. The van der Waals surface area contributed by atoms with E-state index in [-0.39, 0.29) is 0 Å². The lowest BCUT2D eigenvalue weighted by atomic mass is 10.1. The second-order valence-corrected chi connectivity index (χ2v) is 2.32. The second-order valence-electron chi connectivity index (χ2n) is 2.32. The van der Waals surface area contributed by atoms with Gasteiger partial charge in [-0.1, -0.05) is 13.3 Å². The molecule has 2 nitrogen and oxygen atoms in total. The van der Waals surface area contributed by atoms with Crippen molar-refractivity contribution in [1.82, 2.24) is 0 Å². The quantitative estimate of drug-likeness (QED) is 0.692. The van der Waals surface area contributed by atoms with Gasteiger partial charge in [0.2, 0.25) is 0 Å². The van der Waals surface area contributed by atoms with E-state index in [4.69, 9.17) is 10.2 Å². The Kier molecular flexibility index (Phi) is 2.51. The molecular weight excluding hydrogens is 126 g/mol. The first kappa shape index (κ1) is 7.35. The zero-order valence-electron chi connectivity index (χ0n) is 6.26. The summed E-state index contributed by atoms with van der Waals surface area (Å²) in [6.07, 6.45) is 3.92. The van der Waals surface area contributed by atoms with Gasteiger partial charge in [-0.15, -0.1) is 0 Å². The van der Waals surface area contributed by atoms with Crippen LogP contribution in [0, 0.1) is 0 Å². The van der Waals surface area contributed by atoms with Crippen molar-refractivity contribution in [1.29, 1.82) is 0 Å². The number of nitrogens with two attached hydrogens (primary N) is 1. The molecule has 0 aliphatic heterocycles. The molecule has 0 aromatic carbocycles. The van der Waals surface area contributed by atoms with Crippen LogP contribution in [0.2, 0.25) is 0 Å². The Morgan fingerprint density at radius 1 is 1.60 bits per heavy atom. The molecule has 1 heterocycles. The summed E-state index contributed by atoms with van der Waals surface area (Å²) in [5.41, 5.74) is 6.69. The van der Waals surface area contributed by atoms with Gasteiger partial charge in [0.05, 0.1) is 12.8 Å².